The zero-order chi connectivity index (χ0) is 15.6. The summed E-state index contributed by atoms with van der Waals surface area (Å²) in [6.07, 6.45) is 10.3. The van der Waals surface area contributed by atoms with Crippen molar-refractivity contribution in [3.8, 4) is 5.88 Å². The summed E-state index contributed by atoms with van der Waals surface area (Å²) in [6, 6.07) is 6.24. The van der Waals surface area contributed by atoms with Crippen LogP contribution in [0.5, 0.6) is 5.88 Å². The fourth-order valence-electron chi connectivity index (χ4n) is 4.32. The van der Waals surface area contributed by atoms with Crippen LogP contribution in [0.2, 0.25) is 0 Å². The van der Waals surface area contributed by atoms with Crippen LogP contribution in [0.4, 0.5) is 4.79 Å². The van der Waals surface area contributed by atoms with Gasteiger partial charge in [0.25, 0.3) is 0 Å². The van der Waals surface area contributed by atoms with Crippen LogP contribution in [-0.4, -0.2) is 40.3 Å². The Morgan fingerprint density at radius 1 is 1.04 bits per heavy atom. The van der Waals surface area contributed by atoms with Crippen molar-refractivity contribution >= 4 is 6.09 Å². The Bertz CT molecular complexity index is 530. The molecule has 2 bridgehead atoms. The lowest BCUT2D eigenvalue weighted by Gasteiger charge is -2.38. The number of pyridine rings is 1. The first-order chi connectivity index (χ1) is 11.3. The molecule has 3 aliphatic rings. The maximum Gasteiger partial charge on any atom is 0.410 e. The molecule has 1 saturated carbocycles. The highest BCUT2D eigenvalue weighted by molar-refractivity contribution is 5.69. The molecule has 1 amide bonds. The summed E-state index contributed by atoms with van der Waals surface area (Å²) in [5, 5.41) is 0. The zero-order valence-corrected chi connectivity index (χ0v) is 13.4. The lowest BCUT2D eigenvalue weighted by atomic mass is 10.0. The van der Waals surface area contributed by atoms with Crippen molar-refractivity contribution in [3.05, 3.63) is 24.4 Å². The minimum atomic E-state index is -0.0966. The number of rotatable bonds is 3. The van der Waals surface area contributed by atoms with Crippen molar-refractivity contribution in [3.63, 3.8) is 0 Å². The number of hydrogen-bond acceptors (Lipinski definition) is 4. The highest BCUT2D eigenvalue weighted by Gasteiger charge is 2.45. The predicted octanol–water partition coefficient (Wildman–Crippen LogP) is 3.54. The first kappa shape index (κ1) is 14.8. The van der Waals surface area contributed by atoms with Gasteiger partial charge in [0, 0.05) is 37.2 Å². The number of ether oxygens (including phenoxy) is 2. The second kappa shape index (κ2) is 6.38. The lowest BCUT2D eigenvalue weighted by Crippen LogP contribution is -2.50. The molecule has 0 N–H and O–H groups in total. The van der Waals surface area contributed by atoms with Crippen LogP contribution in [0.25, 0.3) is 0 Å². The molecule has 0 spiro atoms. The molecule has 2 saturated heterocycles. The van der Waals surface area contributed by atoms with E-state index in [0.717, 1.165) is 38.5 Å². The quantitative estimate of drug-likeness (QED) is 0.856. The first-order valence-corrected chi connectivity index (χ1v) is 8.86. The largest absolute Gasteiger partial charge is 0.474 e. The Kier molecular flexibility index (Phi) is 4.10. The number of hydrogen-bond donors (Lipinski definition) is 0. The second-order valence-electron chi connectivity index (χ2n) is 6.96. The average Bonchev–Trinajstić information content (AvgIpc) is 3.15. The van der Waals surface area contributed by atoms with Gasteiger partial charge in [-0.3, -0.25) is 0 Å². The Morgan fingerprint density at radius 3 is 2.43 bits per heavy atom. The molecule has 0 aromatic carbocycles. The van der Waals surface area contributed by atoms with Gasteiger partial charge >= 0.3 is 6.09 Å². The maximum absolute atomic E-state index is 12.5. The van der Waals surface area contributed by atoms with E-state index in [1.54, 1.807) is 6.20 Å². The van der Waals surface area contributed by atoms with Crippen LogP contribution in [0.3, 0.4) is 0 Å². The molecule has 1 aliphatic carbocycles. The molecule has 5 nitrogen and oxygen atoms in total. The fraction of sp³-hybridized carbons (Fsp3) is 0.667. The molecule has 124 valence electrons. The molecule has 3 fully saturated rings. The Hall–Kier alpha value is -1.78. The second-order valence-corrected chi connectivity index (χ2v) is 6.96. The van der Waals surface area contributed by atoms with E-state index in [0.29, 0.717) is 5.88 Å². The van der Waals surface area contributed by atoms with Gasteiger partial charge < -0.3 is 14.4 Å². The maximum atomic E-state index is 12.5. The van der Waals surface area contributed by atoms with Gasteiger partial charge in [-0.05, 0) is 44.6 Å². The molecule has 2 aliphatic heterocycles. The van der Waals surface area contributed by atoms with Crippen LogP contribution in [0.15, 0.2) is 24.4 Å². The minimum Gasteiger partial charge on any atom is -0.474 e. The summed E-state index contributed by atoms with van der Waals surface area (Å²) >= 11 is 0. The van der Waals surface area contributed by atoms with Crippen molar-refractivity contribution in [1.82, 2.24) is 9.88 Å². The summed E-state index contributed by atoms with van der Waals surface area (Å²) in [5.41, 5.74) is 0. The average molecular weight is 316 g/mol. The number of piperidine rings is 1. The van der Waals surface area contributed by atoms with E-state index in [1.165, 1.54) is 12.8 Å². The van der Waals surface area contributed by atoms with E-state index in [1.807, 2.05) is 23.1 Å². The van der Waals surface area contributed by atoms with Crippen LogP contribution in [0, 0.1) is 0 Å². The standard InChI is InChI=1S/C18H24N2O3/c21-18(23-15-5-1-2-6-15)20-13-8-9-14(20)12-16(11-13)22-17-7-3-4-10-19-17/h3-4,7,10,13-16H,1-2,5-6,8-9,11-12H2. The first-order valence-electron chi connectivity index (χ1n) is 8.86. The molecule has 2 atom stereocenters. The van der Waals surface area contributed by atoms with Gasteiger partial charge in [0.05, 0.1) is 0 Å². The topological polar surface area (TPSA) is 51.7 Å². The number of aromatic nitrogens is 1. The molecular weight excluding hydrogens is 292 g/mol. The summed E-state index contributed by atoms with van der Waals surface area (Å²) in [6.45, 7) is 0. The van der Waals surface area contributed by atoms with Gasteiger partial charge in [-0.2, -0.15) is 0 Å². The lowest BCUT2D eigenvalue weighted by molar-refractivity contribution is 0.0155. The van der Waals surface area contributed by atoms with E-state index >= 15 is 0 Å². The van der Waals surface area contributed by atoms with Gasteiger partial charge in [0.15, 0.2) is 0 Å². The van der Waals surface area contributed by atoms with Crippen molar-refractivity contribution in [2.45, 2.75) is 75.7 Å². The van der Waals surface area contributed by atoms with Crippen LogP contribution in [0.1, 0.15) is 51.4 Å². The highest BCUT2D eigenvalue weighted by Crippen LogP contribution is 2.38. The third-order valence-corrected chi connectivity index (χ3v) is 5.40. The molecule has 5 heteroatoms. The van der Waals surface area contributed by atoms with Gasteiger partial charge in [-0.15, -0.1) is 0 Å². The van der Waals surface area contributed by atoms with E-state index in [9.17, 15) is 4.79 Å². The van der Waals surface area contributed by atoms with E-state index in [-0.39, 0.29) is 30.4 Å². The van der Waals surface area contributed by atoms with Crippen molar-refractivity contribution < 1.29 is 14.3 Å². The SMILES string of the molecule is O=C(OC1CCCC1)N1C2CCC1CC(Oc1ccccn1)C2. The van der Waals surface area contributed by atoms with E-state index < -0.39 is 0 Å². The van der Waals surface area contributed by atoms with Crippen molar-refractivity contribution in [1.29, 1.82) is 0 Å². The molecular formula is C18H24N2O3. The summed E-state index contributed by atoms with van der Waals surface area (Å²) in [5.74, 6) is 0.680. The number of carbonyl (C=O) groups excluding carboxylic acids is 1. The molecule has 4 rings (SSSR count). The molecule has 0 radical (unpaired) electrons. The number of carbonyl (C=O) groups is 1. The Labute approximate surface area is 137 Å². The molecule has 23 heavy (non-hydrogen) atoms. The molecule has 1 aromatic heterocycles. The Morgan fingerprint density at radius 2 is 1.78 bits per heavy atom. The molecule has 1 aromatic rings. The summed E-state index contributed by atoms with van der Waals surface area (Å²) in [4.78, 5) is 18.8. The van der Waals surface area contributed by atoms with Crippen molar-refractivity contribution in [2.24, 2.45) is 0 Å². The third-order valence-electron chi connectivity index (χ3n) is 5.40. The van der Waals surface area contributed by atoms with Gasteiger partial charge in [-0.25, -0.2) is 9.78 Å². The van der Waals surface area contributed by atoms with Gasteiger partial charge in [-0.1, -0.05) is 6.07 Å². The third kappa shape index (κ3) is 3.14. The van der Waals surface area contributed by atoms with E-state index in [2.05, 4.69) is 4.98 Å². The van der Waals surface area contributed by atoms with E-state index in [4.69, 9.17) is 9.47 Å². The molecule has 3 heterocycles. The Balaban J connectivity index is 1.37. The number of fused-ring (bicyclic) bond motifs is 2. The normalized spacial score (nSPS) is 30.4. The van der Waals surface area contributed by atoms with Crippen LogP contribution in [-0.2, 0) is 4.74 Å². The number of nitrogens with zero attached hydrogens (tertiary/aromatic N) is 2. The summed E-state index contributed by atoms with van der Waals surface area (Å²) < 4.78 is 11.7. The van der Waals surface area contributed by atoms with Crippen LogP contribution >= 0.6 is 0 Å². The monoisotopic (exact) mass is 316 g/mol. The summed E-state index contributed by atoms with van der Waals surface area (Å²) in [7, 11) is 0. The zero-order valence-electron chi connectivity index (χ0n) is 13.4. The predicted molar refractivity (Wildman–Crippen MR) is 85.3 cm³/mol. The smallest absolute Gasteiger partial charge is 0.410 e. The number of amides is 1. The minimum absolute atomic E-state index is 0.0966. The fourth-order valence-corrected chi connectivity index (χ4v) is 4.32. The van der Waals surface area contributed by atoms with Crippen LogP contribution < -0.4 is 4.74 Å². The van der Waals surface area contributed by atoms with Crippen molar-refractivity contribution in [2.75, 3.05) is 0 Å². The highest BCUT2D eigenvalue weighted by atomic mass is 16.6. The van der Waals surface area contributed by atoms with Gasteiger partial charge in [0.2, 0.25) is 5.88 Å². The molecule has 2 unspecified atom stereocenters. The van der Waals surface area contributed by atoms with Gasteiger partial charge in [0.1, 0.15) is 12.2 Å².